The predicted octanol–water partition coefficient (Wildman–Crippen LogP) is 0.746. The summed E-state index contributed by atoms with van der Waals surface area (Å²) in [4.78, 5) is 13.3. The average molecular weight is 190 g/mol. The molecule has 14 heavy (non-hydrogen) atoms. The summed E-state index contributed by atoms with van der Waals surface area (Å²) in [6.07, 6.45) is 0.783. The van der Waals surface area contributed by atoms with E-state index in [1.165, 1.54) is 0 Å². The molecule has 1 aromatic carbocycles. The van der Waals surface area contributed by atoms with Crippen molar-refractivity contribution in [2.24, 2.45) is 5.73 Å². The molecule has 1 aliphatic rings. The van der Waals surface area contributed by atoms with E-state index in [1.807, 2.05) is 35.2 Å². The Morgan fingerprint density at radius 3 is 2.64 bits per heavy atom. The van der Waals surface area contributed by atoms with Crippen molar-refractivity contribution in [3.05, 3.63) is 35.9 Å². The average Bonchev–Trinajstić information content (AvgIpc) is 2.52. The van der Waals surface area contributed by atoms with Crippen LogP contribution < -0.4 is 5.73 Å². The van der Waals surface area contributed by atoms with E-state index in [0.29, 0.717) is 6.54 Å². The Bertz CT molecular complexity index is 323. The second-order valence-electron chi connectivity index (χ2n) is 3.64. The fourth-order valence-corrected chi connectivity index (χ4v) is 1.72. The molecule has 0 bridgehead atoms. The summed E-state index contributed by atoms with van der Waals surface area (Å²) in [6, 6.07) is 9.71. The van der Waals surface area contributed by atoms with Gasteiger partial charge in [0.2, 0.25) is 5.91 Å². The van der Waals surface area contributed by atoms with Crippen LogP contribution in [-0.4, -0.2) is 23.4 Å². The lowest BCUT2D eigenvalue weighted by Crippen LogP contribution is -2.33. The van der Waals surface area contributed by atoms with Crippen molar-refractivity contribution in [2.45, 2.75) is 19.0 Å². The number of amides is 1. The van der Waals surface area contributed by atoms with E-state index < -0.39 is 0 Å². The van der Waals surface area contributed by atoms with Crippen molar-refractivity contribution in [3.63, 3.8) is 0 Å². The van der Waals surface area contributed by atoms with Gasteiger partial charge in [-0.1, -0.05) is 30.3 Å². The van der Waals surface area contributed by atoms with Gasteiger partial charge in [0.1, 0.15) is 0 Å². The maximum atomic E-state index is 11.5. The Balaban J connectivity index is 2.02. The largest absolute Gasteiger partial charge is 0.337 e. The zero-order valence-corrected chi connectivity index (χ0v) is 8.02. The smallest absolute Gasteiger partial charge is 0.239 e. The van der Waals surface area contributed by atoms with E-state index >= 15 is 0 Å². The molecular formula is C11H14N2O. The van der Waals surface area contributed by atoms with Gasteiger partial charge in [-0.3, -0.25) is 4.79 Å². The van der Waals surface area contributed by atoms with Crippen LogP contribution in [0.4, 0.5) is 0 Å². The molecule has 0 aromatic heterocycles. The van der Waals surface area contributed by atoms with Crippen LogP contribution in [0.15, 0.2) is 30.3 Å². The molecule has 2 rings (SSSR count). The molecule has 1 fully saturated rings. The van der Waals surface area contributed by atoms with Crippen molar-refractivity contribution < 1.29 is 4.79 Å². The Labute approximate surface area is 83.5 Å². The first-order chi connectivity index (χ1) is 6.77. The molecule has 1 unspecified atom stereocenters. The monoisotopic (exact) mass is 190 g/mol. The molecule has 74 valence electrons. The summed E-state index contributed by atoms with van der Waals surface area (Å²) in [5.41, 5.74) is 6.79. The molecule has 2 N–H and O–H groups in total. The minimum Gasteiger partial charge on any atom is -0.337 e. The van der Waals surface area contributed by atoms with Crippen molar-refractivity contribution in [1.82, 2.24) is 4.90 Å². The molecule has 0 spiro atoms. The van der Waals surface area contributed by atoms with E-state index in [1.54, 1.807) is 0 Å². The predicted molar refractivity (Wildman–Crippen MR) is 54.5 cm³/mol. The van der Waals surface area contributed by atoms with E-state index in [-0.39, 0.29) is 11.9 Å². The number of hydrogen-bond acceptors (Lipinski definition) is 2. The van der Waals surface area contributed by atoms with Crippen LogP contribution in [0.25, 0.3) is 0 Å². The molecule has 3 nitrogen and oxygen atoms in total. The summed E-state index contributed by atoms with van der Waals surface area (Å²) < 4.78 is 0. The lowest BCUT2D eigenvalue weighted by molar-refractivity contribution is -0.129. The Morgan fingerprint density at radius 2 is 2.07 bits per heavy atom. The summed E-state index contributed by atoms with van der Waals surface area (Å²) >= 11 is 0. The molecule has 0 aliphatic carbocycles. The standard InChI is InChI=1S/C11H14N2O/c12-10-6-7-13(11(10)14)8-9-4-2-1-3-5-9/h1-5,10H,6-8,12H2. The van der Waals surface area contributed by atoms with Crippen LogP contribution in [-0.2, 0) is 11.3 Å². The quantitative estimate of drug-likeness (QED) is 0.748. The first kappa shape index (κ1) is 9.21. The number of likely N-dealkylation sites (tertiary alicyclic amines) is 1. The highest BCUT2D eigenvalue weighted by molar-refractivity contribution is 5.83. The van der Waals surface area contributed by atoms with E-state index in [9.17, 15) is 4.79 Å². The molecule has 3 heteroatoms. The molecule has 1 amide bonds. The summed E-state index contributed by atoms with van der Waals surface area (Å²) in [6.45, 7) is 1.47. The van der Waals surface area contributed by atoms with Gasteiger partial charge >= 0.3 is 0 Å². The fourth-order valence-electron chi connectivity index (χ4n) is 1.72. The van der Waals surface area contributed by atoms with Gasteiger partial charge in [0, 0.05) is 13.1 Å². The van der Waals surface area contributed by atoms with Crippen molar-refractivity contribution in [1.29, 1.82) is 0 Å². The molecule has 1 saturated heterocycles. The van der Waals surface area contributed by atoms with Gasteiger partial charge in [-0.25, -0.2) is 0 Å². The minimum atomic E-state index is -0.279. The summed E-state index contributed by atoms with van der Waals surface area (Å²) in [5, 5.41) is 0. The van der Waals surface area contributed by atoms with E-state index in [0.717, 1.165) is 18.5 Å². The second kappa shape index (κ2) is 3.80. The number of carbonyl (C=O) groups is 1. The molecule has 1 atom stereocenters. The fraction of sp³-hybridized carbons (Fsp3) is 0.364. The Morgan fingerprint density at radius 1 is 1.36 bits per heavy atom. The Hall–Kier alpha value is -1.35. The van der Waals surface area contributed by atoms with Crippen LogP contribution in [0.2, 0.25) is 0 Å². The van der Waals surface area contributed by atoms with Crippen LogP contribution >= 0.6 is 0 Å². The van der Waals surface area contributed by atoms with Crippen LogP contribution in [0.1, 0.15) is 12.0 Å². The van der Waals surface area contributed by atoms with Gasteiger partial charge in [-0.05, 0) is 12.0 Å². The van der Waals surface area contributed by atoms with Crippen LogP contribution in [0, 0.1) is 0 Å². The molecule has 0 saturated carbocycles. The number of rotatable bonds is 2. The third kappa shape index (κ3) is 1.77. The maximum absolute atomic E-state index is 11.5. The summed E-state index contributed by atoms with van der Waals surface area (Å²) in [5.74, 6) is 0.0776. The van der Waals surface area contributed by atoms with Gasteiger partial charge in [0.15, 0.2) is 0 Å². The van der Waals surface area contributed by atoms with Gasteiger partial charge in [0.05, 0.1) is 6.04 Å². The van der Waals surface area contributed by atoms with Crippen molar-refractivity contribution in [2.75, 3.05) is 6.54 Å². The number of hydrogen-bond donors (Lipinski definition) is 1. The van der Waals surface area contributed by atoms with Crippen molar-refractivity contribution >= 4 is 5.91 Å². The van der Waals surface area contributed by atoms with Gasteiger partial charge in [-0.15, -0.1) is 0 Å². The lowest BCUT2D eigenvalue weighted by Gasteiger charge is -2.15. The zero-order chi connectivity index (χ0) is 9.97. The van der Waals surface area contributed by atoms with Crippen molar-refractivity contribution in [3.8, 4) is 0 Å². The molecule has 1 aliphatic heterocycles. The SMILES string of the molecule is NC1CCN(Cc2ccccc2)C1=O. The third-order valence-corrected chi connectivity index (χ3v) is 2.56. The second-order valence-corrected chi connectivity index (χ2v) is 3.64. The highest BCUT2D eigenvalue weighted by atomic mass is 16.2. The number of carbonyl (C=O) groups excluding carboxylic acids is 1. The third-order valence-electron chi connectivity index (χ3n) is 2.56. The first-order valence-electron chi connectivity index (χ1n) is 4.85. The molecule has 1 aromatic rings. The molecule has 0 radical (unpaired) electrons. The number of nitrogens with zero attached hydrogens (tertiary/aromatic N) is 1. The van der Waals surface area contributed by atoms with Gasteiger partial charge < -0.3 is 10.6 Å². The summed E-state index contributed by atoms with van der Waals surface area (Å²) in [7, 11) is 0. The number of benzene rings is 1. The normalized spacial score (nSPS) is 21.6. The van der Waals surface area contributed by atoms with Crippen LogP contribution in [0.3, 0.4) is 0 Å². The molecular weight excluding hydrogens is 176 g/mol. The first-order valence-corrected chi connectivity index (χ1v) is 4.85. The van der Waals surface area contributed by atoms with Gasteiger partial charge in [-0.2, -0.15) is 0 Å². The van der Waals surface area contributed by atoms with E-state index in [2.05, 4.69) is 0 Å². The highest BCUT2D eigenvalue weighted by Gasteiger charge is 2.27. The molecule has 1 heterocycles. The van der Waals surface area contributed by atoms with E-state index in [4.69, 9.17) is 5.73 Å². The highest BCUT2D eigenvalue weighted by Crippen LogP contribution is 2.13. The lowest BCUT2D eigenvalue weighted by atomic mass is 10.2. The van der Waals surface area contributed by atoms with Crippen LogP contribution in [0.5, 0.6) is 0 Å². The number of nitrogens with two attached hydrogens (primary N) is 1. The maximum Gasteiger partial charge on any atom is 0.239 e. The topological polar surface area (TPSA) is 46.3 Å². The Kier molecular flexibility index (Phi) is 2.50. The zero-order valence-electron chi connectivity index (χ0n) is 8.02. The van der Waals surface area contributed by atoms with Gasteiger partial charge in [0.25, 0.3) is 0 Å². The minimum absolute atomic E-state index is 0.0776.